The maximum absolute atomic E-state index is 5.53. The highest BCUT2D eigenvalue weighted by Crippen LogP contribution is 2.35. The molecular formula is C12H12N2O3. The molecule has 0 bridgehead atoms. The molecule has 0 amide bonds. The molecule has 1 aromatic carbocycles. The number of hydrogen-bond acceptors (Lipinski definition) is 5. The average Bonchev–Trinajstić information content (AvgIpc) is 2.94. The first-order chi connectivity index (χ1) is 8.28. The molecule has 2 heterocycles. The second-order valence-corrected chi connectivity index (χ2v) is 3.93. The van der Waals surface area contributed by atoms with Crippen LogP contribution in [-0.4, -0.2) is 12.3 Å². The Balaban J connectivity index is 2.15. The standard InChI is InChI=1S/C12H12N2O3/c1-15-11-3-8-6-16-5-7(8)2-9(11)10-4-12(13)17-14-10/h2-4H,5-6,13H2,1H3. The summed E-state index contributed by atoms with van der Waals surface area (Å²) < 4.78 is 15.6. The van der Waals surface area contributed by atoms with Crippen LogP contribution in [0.2, 0.25) is 0 Å². The van der Waals surface area contributed by atoms with Crippen LogP contribution in [0.3, 0.4) is 0 Å². The van der Waals surface area contributed by atoms with Gasteiger partial charge in [-0.2, -0.15) is 0 Å². The first-order valence-corrected chi connectivity index (χ1v) is 5.28. The number of benzene rings is 1. The van der Waals surface area contributed by atoms with Crippen LogP contribution < -0.4 is 10.5 Å². The smallest absolute Gasteiger partial charge is 0.222 e. The van der Waals surface area contributed by atoms with E-state index < -0.39 is 0 Å². The molecule has 88 valence electrons. The van der Waals surface area contributed by atoms with Gasteiger partial charge >= 0.3 is 0 Å². The van der Waals surface area contributed by atoms with Gasteiger partial charge in [-0.1, -0.05) is 5.16 Å². The minimum absolute atomic E-state index is 0.291. The Hall–Kier alpha value is -2.01. The number of hydrogen-bond donors (Lipinski definition) is 1. The molecule has 2 aromatic rings. The highest BCUT2D eigenvalue weighted by Gasteiger charge is 2.18. The Morgan fingerprint density at radius 3 is 2.65 bits per heavy atom. The van der Waals surface area contributed by atoms with Gasteiger partial charge in [0, 0.05) is 11.6 Å². The van der Waals surface area contributed by atoms with E-state index >= 15 is 0 Å². The van der Waals surface area contributed by atoms with Crippen molar-refractivity contribution >= 4 is 5.88 Å². The predicted molar refractivity (Wildman–Crippen MR) is 61.4 cm³/mol. The van der Waals surface area contributed by atoms with Crippen molar-refractivity contribution in [1.29, 1.82) is 0 Å². The average molecular weight is 232 g/mol. The van der Waals surface area contributed by atoms with Crippen molar-refractivity contribution in [3.63, 3.8) is 0 Å². The lowest BCUT2D eigenvalue weighted by atomic mass is 10.0. The fourth-order valence-corrected chi connectivity index (χ4v) is 1.99. The normalized spacial score (nSPS) is 13.7. The fourth-order valence-electron chi connectivity index (χ4n) is 1.99. The van der Waals surface area contributed by atoms with E-state index in [0.717, 1.165) is 22.4 Å². The van der Waals surface area contributed by atoms with Crippen molar-refractivity contribution < 1.29 is 14.0 Å². The maximum atomic E-state index is 5.53. The SMILES string of the molecule is COc1cc2c(cc1-c1cc(N)on1)COC2. The van der Waals surface area contributed by atoms with Crippen LogP contribution in [0, 0.1) is 0 Å². The number of aromatic nitrogens is 1. The zero-order chi connectivity index (χ0) is 11.8. The lowest BCUT2D eigenvalue weighted by Crippen LogP contribution is -1.92. The minimum Gasteiger partial charge on any atom is -0.496 e. The summed E-state index contributed by atoms with van der Waals surface area (Å²) in [4.78, 5) is 0. The summed E-state index contributed by atoms with van der Waals surface area (Å²) in [6.45, 7) is 1.26. The molecule has 17 heavy (non-hydrogen) atoms. The molecule has 3 rings (SSSR count). The third kappa shape index (κ3) is 1.64. The topological polar surface area (TPSA) is 70.5 Å². The minimum atomic E-state index is 0.291. The van der Waals surface area contributed by atoms with Gasteiger partial charge in [0.1, 0.15) is 11.4 Å². The van der Waals surface area contributed by atoms with Crippen LogP contribution >= 0.6 is 0 Å². The van der Waals surface area contributed by atoms with Crippen molar-refractivity contribution in [2.24, 2.45) is 0 Å². The summed E-state index contributed by atoms with van der Waals surface area (Å²) in [7, 11) is 1.63. The number of ether oxygens (including phenoxy) is 2. The van der Waals surface area contributed by atoms with E-state index in [9.17, 15) is 0 Å². The third-order valence-corrected chi connectivity index (χ3v) is 2.84. The third-order valence-electron chi connectivity index (χ3n) is 2.84. The molecule has 1 aromatic heterocycles. The van der Waals surface area contributed by atoms with E-state index in [1.807, 2.05) is 12.1 Å². The number of rotatable bonds is 2. The Kier molecular flexibility index (Phi) is 2.26. The van der Waals surface area contributed by atoms with Crippen molar-refractivity contribution in [2.75, 3.05) is 12.8 Å². The Bertz CT molecular complexity index is 563. The van der Waals surface area contributed by atoms with Gasteiger partial charge in [-0.05, 0) is 23.3 Å². The first kappa shape index (κ1) is 10.2. The monoisotopic (exact) mass is 232 g/mol. The van der Waals surface area contributed by atoms with Crippen LogP contribution in [0.25, 0.3) is 11.3 Å². The van der Waals surface area contributed by atoms with Crippen molar-refractivity contribution in [3.05, 3.63) is 29.3 Å². The molecule has 0 radical (unpaired) electrons. The predicted octanol–water partition coefficient (Wildman–Crippen LogP) is 1.96. The molecule has 0 aliphatic carbocycles. The molecule has 0 unspecified atom stereocenters. The highest BCUT2D eigenvalue weighted by molar-refractivity contribution is 5.70. The molecule has 0 spiro atoms. The highest BCUT2D eigenvalue weighted by atomic mass is 16.5. The number of methoxy groups -OCH3 is 1. The zero-order valence-corrected chi connectivity index (χ0v) is 9.40. The second-order valence-electron chi connectivity index (χ2n) is 3.93. The summed E-state index contributed by atoms with van der Waals surface area (Å²) in [6, 6.07) is 5.67. The number of nitrogens with zero attached hydrogens (tertiary/aromatic N) is 1. The van der Waals surface area contributed by atoms with E-state index in [-0.39, 0.29) is 0 Å². The lowest BCUT2D eigenvalue weighted by molar-refractivity contribution is 0.134. The molecule has 0 saturated carbocycles. The Morgan fingerprint density at radius 1 is 1.24 bits per heavy atom. The van der Waals surface area contributed by atoms with Gasteiger partial charge < -0.3 is 19.7 Å². The number of nitrogen functional groups attached to an aromatic ring is 1. The van der Waals surface area contributed by atoms with Gasteiger partial charge in [0.2, 0.25) is 5.88 Å². The summed E-state index contributed by atoms with van der Waals surface area (Å²) >= 11 is 0. The molecule has 2 N–H and O–H groups in total. The van der Waals surface area contributed by atoms with Crippen LogP contribution in [0.5, 0.6) is 5.75 Å². The van der Waals surface area contributed by atoms with Gasteiger partial charge in [0.05, 0.1) is 20.3 Å². The van der Waals surface area contributed by atoms with Crippen LogP contribution in [0.1, 0.15) is 11.1 Å². The molecule has 1 aliphatic rings. The summed E-state index contributed by atoms with van der Waals surface area (Å²) in [5.41, 5.74) is 9.38. The Labute approximate surface area is 98.1 Å². The molecular weight excluding hydrogens is 220 g/mol. The van der Waals surface area contributed by atoms with Gasteiger partial charge in [-0.15, -0.1) is 0 Å². The summed E-state index contributed by atoms with van der Waals surface area (Å²) in [6.07, 6.45) is 0. The van der Waals surface area contributed by atoms with E-state index in [1.165, 1.54) is 0 Å². The summed E-state index contributed by atoms with van der Waals surface area (Å²) in [5.74, 6) is 1.04. The van der Waals surface area contributed by atoms with Crippen molar-refractivity contribution in [3.8, 4) is 17.0 Å². The molecule has 0 saturated heterocycles. The van der Waals surface area contributed by atoms with Gasteiger partial charge in [-0.25, -0.2) is 0 Å². The van der Waals surface area contributed by atoms with E-state index in [2.05, 4.69) is 5.16 Å². The van der Waals surface area contributed by atoms with Crippen molar-refractivity contribution in [1.82, 2.24) is 5.16 Å². The zero-order valence-electron chi connectivity index (χ0n) is 9.40. The van der Waals surface area contributed by atoms with Crippen LogP contribution in [0.15, 0.2) is 22.7 Å². The fraction of sp³-hybridized carbons (Fsp3) is 0.250. The molecule has 0 fully saturated rings. The van der Waals surface area contributed by atoms with Gasteiger partial charge in [0.25, 0.3) is 0 Å². The van der Waals surface area contributed by atoms with Crippen LogP contribution in [0.4, 0.5) is 5.88 Å². The summed E-state index contributed by atoms with van der Waals surface area (Å²) in [5, 5.41) is 3.90. The molecule has 1 aliphatic heterocycles. The van der Waals surface area contributed by atoms with Crippen molar-refractivity contribution in [2.45, 2.75) is 13.2 Å². The quantitative estimate of drug-likeness (QED) is 0.857. The lowest BCUT2D eigenvalue weighted by Gasteiger charge is -2.08. The molecule has 5 heteroatoms. The van der Waals surface area contributed by atoms with Crippen LogP contribution in [-0.2, 0) is 18.0 Å². The van der Waals surface area contributed by atoms with Gasteiger partial charge in [0.15, 0.2) is 0 Å². The largest absolute Gasteiger partial charge is 0.496 e. The maximum Gasteiger partial charge on any atom is 0.222 e. The van der Waals surface area contributed by atoms with E-state index in [1.54, 1.807) is 13.2 Å². The Morgan fingerprint density at radius 2 is 2.00 bits per heavy atom. The van der Waals surface area contributed by atoms with E-state index in [0.29, 0.717) is 24.8 Å². The number of nitrogens with two attached hydrogens (primary N) is 1. The number of fused-ring (bicyclic) bond motifs is 1. The first-order valence-electron chi connectivity index (χ1n) is 5.28. The number of anilines is 1. The molecule has 0 atom stereocenters. The van der Waals surface area contributed by atoms with Gasteiger partial charge in [-0.3, -0.25) is 0 Å². The van der Waals surface area contributed by atoms with E-state index in [4.69, 9.17) is 19.7 Å². The second kappa shape index (κ2) is 3.78. The molecule has 5 nitrogen and oxygen atoms in total.